The molecule has 396 valence electrons. The van der Waals surface area contributed by atoms with Crippen molar-refractivity contribution in [1.82, 2.24) is 5.32 Å². The quantitative estimate of drug-likeness (QED) is 0.0420. The fraction of sp³-hybridized carbons (Fsp3) is 0.889. The third-order valence-corrected chi connectivity index (χ3v) is 14.4. The summed E-state index contributed by atoms with van der Waals surface area (Å²) in [6.45, 7) is 4.35. The summed E-state index contributed by atoms with van der Waals surface area (Å²) in [6.07, 6.45) is 80.4. The molecule has 0 saturated heterocycles. The van der Waals surface area contributed by atoms with Gasteiger partial charge in [0.1, 0.15) is 0 Å². The Kier molecular flexibility index (Phi) is 57.7. The minimum absolute atomic E-state index is 0.0588. The van der Waals surface area contributed by atoms with Gasteiger partial charge in [-0.3, -0.25) is 4.79 Å². The van der Waals surface area contributed by atoms with Crippen LogP contribution >= 0.6 is 0 Å². The van der Waals surface area contributed by atoms with Gasteiger partial charge in [-0.1, -0.05) is 320 Å². The normalized spacial score (nSPS) is 13.0. The molecular formula is C63H121NO3. The molecule has 0 rings (SSSR count). The summed E-state index contributed by atoms with van der Waals surface area (Å²) in [5.41, 5.74) is 0. The Morgan fingerprint density at radius 3 is 0.896 bits per heavy atom. The van der Waals surface area contributed by atoms with Crippen LogP contribution in [0, 0.1) is 0 Å². The van der Waals surface area contributed by atoms with Gasteiger partial charge < -0.3 is 15.5 Å². The molecule has 0 aromatic carbocycles. The molecule has 1 amide bonds. The Hall–Kier alpha value is -1.39. The van der Waals surface area contributed by atoms with Gasteiger partial charge in [0.25, 0.3) is 0 Å². The molecule has 2 atom stereocenters. The largest absolute Gasteiger partial charge is 0.394 e. The van der Waals surface area contributed by atoms with E-state index in [4.69, 9.17) is 0 Å². The lowest BCUT2D eigenvalue weighted by atomic mass is 10.0. The molecule has 0 aliphatic carbocycles. The number of rotatable bonds is 57. The summed E-state index contributed by atoms with van der Waals surface area (Å²) < 4.78 is 0. The molecule has 2 unspecified atom stereocenters. The molecule has 0 aliphatic rings. The van der Waals surface area contributed by atoms with Crippen molar-refractivity contribution in [2.45, 2.75) is 353 Å². The van der Waals surface area contributed by atoms with Crippen LogP contribution < -0.4 is 5.32 Å². The van der Waals surface area contributed by atoms with Crippen LogP contribution in [-0.4, -0.2) is 34.9 Å². The summed E-state index contributed by atoms with van der Waals surface area (Å²) in [7, 11) is 0. The lowest BCUT2D eigenvalue weighted by molar-refractivity contribution is -0.123. The molecule has 0 fully saturated rings. The van der Waals surface area contributed by atoms with E-state index in [1.807, 2.05) is 6.08 Å². The van der Waals surface area contributed by atoms with Gasteiger partial charge >= 0.3 is 0 Å². The Labute approximate surface area is 421 Å². The maximum atomic E-state index is 12.5. The number of allylic oxidation sites excluding steroid dienone is 5. The second-order valence-corrected chi connectivity index (χ2v) is 21.1. The van der Waals surface area contributed by atoms with Crippen molar-refractivity contribution in [3.63, 3.8) is 0 Å². The Morgan fingerprint density at radius 2 is 0.612 bits per heavy atom. The van der Waals surface area contributed by atoms with Gasteiger partial charge in [-0.15, -0.1) is 0 Å². The average Bonchev–Trinajstić information content (AvgIpc) is 3.33. The van der Waals surface area contributed by atoms with Gasteiger partial charge in [-0.25, -0.2) is 0 Å². The molecule has 0 aliphatic heterocycles. The molecule has 0 aromatic rings. The lowest BCUT2D eigenvalue weighted by Crippen LogP contribution is -2.45. The predicted octanol–water partition coefficient (Wildman–Crippen LogP) is 20.4. The van der Waals surface area contributed by atoms with Crippen molar-refractivity contribution in [1.29, 1.82) is 0 Å². The fourth-order valence-electron chi connectivity index (χ4n) is 9.68. The first-order chi connectivity index (χ1) is 33.2. The fourth-order valence-corrected chi connectivity index (χ4v) is 9.68. The van der Waals surface area contributed by atoms with E-state index in [1.165, 1.54) is 289 Å². The zero-order valence-electron chi connectivity index (χ0n) is 45.7. The van der Waals surface area contributed by atoms with Crippen LogP contribution in [0.15, 0.2) is 36.5 Å². The maximum Gasteiger partial charge on any atom is 0.220 e. The topological polar surface area (TPSA) is 69.6 Å². The van der Waals surface area contributed by atoms with Crippen LogP contribution in [-0.2, 0) is 4.79 Å². The van der Waals surface area contributed by atoms with Gasteiger partial charge in [-0.05, 0) is 51.4 Å². The number of nitrogens with one attached hydrogen (secondary N) is 1. The highest BCUT2D eigenvalue weighted by Crippen LogP contribution is 2.18. The highest BCUT2D eigenvalue weighted by atomic mass is 16.3. The van der Waals surface area contributed by atoms with E-state index in [9.17, 15) is 15.0 Å². The Balaban J connectivity index is 3.46. The SMILES string of the molecule is CCCCCCCCCCC/C=C\C/C=C\CCCCCCCCCCCCCCCCCC(=O)NC(CO)C(O)/C=C/CCCCCCCCCCCCCCCCCCCCCCCC. The molecule has 0 bridgehead atoms. The molecule has 0 spiro atoms. The second kappa shape index (κ2) is 58.9. The highest BCUT2D eigenvalue weighted by molar-refractivity contribution is 5.76. The first-order valence-corrected chi connectivity index (χ1v) is 30.7. The van der Waals surface area contributed by atoms with E-state index >= 15 is 0 Å². The summed E-state index contributed by atoms with van der Waals surface area (Å²) in [5, 5.41) is 23.2. The van der Waals surface area contributed by atoms with E-state index in [0.717, 1.165) is 32.1 Å². The third-order valence-electron chi connectivity index (χ3n) is 14.4. The van der Waals surface area contributed by atoms with Crippen molar-refractivity contribution >= 4 is 5.91 Å². The zero-order chi connectivity index (χ0) is 48.5. The number of aliphatic hydroxyl groups excluding tert-OH is 2. The minimum atomic E-state index is -0.840. The molecule has 3 N–H and O–H groups in total. The monoisotopic (exact) mass is 940 g/mol. The van der Waals surface area contributed by atoms with E-state index in [0.29, 0.717) is 6.42 Å². The summed E-state index contributed by atoms with van der Waals surface area (Å²) in [5.74, 6) is -0.0588. The van der Waals surface area contributed by atoms with Crippen LogP contribution in [0.4, 0.5) is 0 Å². The summed E-state index contributed by atoms with van der Waals surface area (Å²) in [6, 6.07) is -0.623. The minimum Gasteiger partial charge on any atom is -0.394 e. The second-order valence-electron chi connectivity index (χ2n) is 21.1. The Bertz CT molecular complexity index is 1020. The number of amides is 1. The summed E-state index contributed by atoms with van der Waals surface area (Å²) in [4.78, 5) is 12.5. The first-order valence-electron chi connectivity index (χ1n) is 30.7. The van der Waals surface area contributed by atoms with E-state index in [2.05, 4.69) is 43.5 Å². The van der Waals surface area contributed by atoms with Crippen LogP contribution in [0.25, 0.3) is 0 Å². The van der Waals surface area contributed by atoms with Crippen LogP contribution in [0.1, 0.15) is 341 Å². The molecule has 0 aromatic heterocycles. The zero-order valence-corrected chi connectivity index (χ0v) is 45.7. The van der Waals surface area contributed by atoms with E-state index in [-0.39, 0.29) is 12.5 Å². The van der Waals surface area contributed by atoms with Gasteiger partial charge in [0.2, 0.25) is 5.91 Å². The molecule has 0 radical (unpaired) electrons. The number of aliphatic hydroxyl groups is 2. The van der Waals surface area contributed by atoms with Gasteiger partial charge in [-0.2, -0.15) is 0 Å². The third kappa shape index (κ3) is 55.4. The first kappa shape index (κ1) is 65.6. The van der Waals surface area contributed by atoms with Crippen LogP contribution in [0.3, 0.4) is 0 Å². The highest BCUT2D eigenvalue weighted by Gasteiger charge is 2.18. The molecular weight excluding hydrogens is 819 g/mol. The molecule has 0 saturated carbocycles. The number of carbonyl (C=O) groups is 1. The smallest absolute Gasteiger partial charge is 0.220 e. The lowest BCUT2D eigenvalue weighted by Gasteiger charge is -2.20. The van der Waals surface area contributed by atoms with Crippen molar-refractivity contribution in [3.8, 4) is 0 Å². The molecule has 67 heavy (non-hydrogen) atoms. The van der Waals surface area contributed by atoms with Crippen molar-refractivity contribution in [3.05, 3.63) is 36.5 Å². The number of hydrogen-bond donors (Lipinski definition) is 3. The molecule has 0 heterocycles. The van der Waals surface area contributed by atoms with Crippen LogP contribution in [0.2, 0.25) is 0 Å². The average molecular weight is 941 g/mol. The van der Waals surface area contributed by atoms with Crippen molar-refractivity contribution in [2.75, 3.05) is 6.61 Å². The molecule has 4 nitrogen and oxygen atoms in total. The summed E-state index contributed by atoms with van der Waals surface area (Å²) >= 11 is 0. The van der Waals surface area contributed by atoms with Crippen molar-refractivity contribution in [2.24, 2.45) is 0 Å². The number of unbranched alkanes of at least 4 members (excludes halogenated alkanes) is 46. The number of hydrogen-bond acceptors (Lipinski definition) is 3. The van der Waals surface area contributed by atoms with E-state index < -0.39 is 12.1 Å². The van der Waals surface area contributed by atoms with Crippen LogP contribution in [0.5, 0.6) is 0 Å². The van der Waals surface area contributed by atoms with Crippen molar-refractivity contribution < 1.29 is 15.0 Å². The standard InChI is InChI=1S/C63H121NO3/c1-3-5-7-9-11-13-15-17-19-21-23-25-27-29-30-31-32-33-34-35-37-39-41-43-45-47-49-51-53-55-57-59-63(67)64-61(60-65)62(66)58-56-54-52-50-48-46-44-42-40-38-36-28-26-24-22-20-18-16-14-12-10-8-6-4-2/h23,25,29-30,56,58,61-62,65-66H,3-22,24,26-28,31-55,57,59-60H2,1-2H3,(H,64,67)/b25-23-,30-29-,58-56+. The van der Waals surface area contributed by atoms with Gasteiger partial charge in [0.05, 0.1) is 18.8 Å². The Morgan fingerprint density at radius 1 is 0.358 bits per heavy atom. The van der Waals surface area contributed by atoms with Gasteiger partial charge in [0, 0.05) is 6.42 Å². The molecule has 4 heteroatoms. The predicted molar refractivity (Wildman–Crippen MR) is 299 cm³/mol. The maximum absolute atomic E-state index is 12.5. The van der Waals surface area contributed by atoms with E-state index in [1.54, 1.807) is 6.08 Å². The van der Waals surface area contributed by atoms with Gasteiger partial charge in [0.15, 0.2) is 0 Å². The number of carbonyl (C=O) groups excluding carboxylic acids is 1.